The van der Waals surface area contributed by atoms with Crippen LogP contribution in [0.4, 0.5) is 5.69 Å². The highest BCUT2D eigenvalue weighted by molar-refractivity contribution is 6.12. The highest BCUT2D eigenvalue weighted by Crippen LogP contribution is 2.28. The van der Waals surface area contributed by atoms with Gasteiger partial charge >= 0.3 is 0 Å². The average molecular weight is 401 g/mol. The van der Waals surface area contributed by atoms with Crippen LogP contribution in [0.2, 0.25) is 0 Å². The molecule has 2 aromatic carbocycles. The minimum Gasteiger partial charge on any atom is -0.497 e. The lowest BCUT2D eigenvalue weighted by Gasteiger charge is -2.16. The minimum atomic E-state index is -0.340. The normalized spacial score (nSPS) is 10.6. The maximum atomic E-state index is 13.3. The van der Waals surface area contributed by atoms with E-state index in [9.17, 15) is 9.59 Å². The number of carbonyl (C=O) groups excluding carboxylic acids is 1. The summed E-state index contributed by atoms with van der Waals surface area (Å²) in [6, 6.07) is 15.6. The van der Waals surface area contributed by atoms with Crippen LogP contribution in [0, 0.1) is 0 Å². The zero-order valence-corrected chi connectivity index (χ0v) is 16.5. The van der Waals surface area contributed by atoms with E-state index < -0.39 is 0 Å². The fourth-order valence-corrected chi connectivity index (χ4v) is 3.27. The van der Waals surface area contributed by atoms with Gasteiger partial charge in [-0.05, 0) is 30.3 Å². The third kappa shape index (κ3) is 3.48. The highest BCUT2D eigenvalue weighted by Gasteiger charge is 2.18. The van der Waals surface area contributed by atoms with Gasteiger partial charge in [0, 0.05) is 41.1 Å². The Morgan fingerprint density at radius 1 is 0.967 bits per heavy atom. The summed E-state index contributed by atoms with van der Waals surface area (Å²) < 4.78 is 12.2. The molecule has 0 aliphatic heterocycles. The smallest absolute Gasteiger partial charge is 0.263 e. The maximum Gasteiger partial charge on any atom is 0.263 e. The Balaban J connectivity index is 1.94. The average Bonchev–Trinajstić information content (AvgIpc) is 2.79. The first-order valence-corrected chi connectivity index (χ1v) is 9.20. The topological polar surface area (TPSA) is 82.4 Å². The van der Waals surface area contributed by atoms with Gasteiger partial charge in [-0.3, -0.25) is 19.1 Å². The molecule has 0 saturated carbocycles. The molecule has 2 heterocycles. The molecule has 0 spiro atoms. The lowest BCUT2D eigenvalue weighted by molar-refractivity contribution is 0.102. The number of nitrogens with one attached hydrogen (secondary N) is 1. The van der Waals surface area contributed by atoms with E-state index in [2.05, 4.69) is 10.3 Å². The van der Waals surface area contributed by atoms with Crippen molar-refractivity contribution in [2.75, 3.05) is 19.5 Å². The van der Waals surface area contributed by atoms with Gasteiger partial charge in [0.25, 0.3) is 11.5 Å². The van der Waals surface area contributed by atoms with Crippen molar-refractivity contribution in [1.82, 2.24) is 9.55 Å². The van der Waals surface area contributed by atoms with Crippen LogP contribution in [-0.4, -0.2) is 29.7 Å². The van der Waals surface area contributed by atoms with Crippen molar-refractivity contribution in [3.05, 3.63) is 89.1 Å². The van der Waals surface area contributed by atoms with Crippen LogP contribution >= 0.6 is 0 Å². The number of hydrogen-bond donors (Lipinski definition) is 1. The zero-order valence-electron chi connectivity index (χ0n) is 16.5. The van der Waals surface area contributed by atoms with Gasteiger partial charge in [-0.1, -0.05) is 18.2 Å². The molecule has 30 heavy (non-hydrogen) atoms. The first-order chi connectivity index (χ1) is 14.6. The summed E-state index contributed by atoms with van der Waals surface area (Å²) in [5.41, 5.74) is 1.17. The molecule has 4 aromatic rings. The minimum absolute atomic E-state index is 0.266. The molecular weight excluding hydrogens is 382 g/mol. The van der Waals surface area contributed by atoms with E-state index in [1.807, 2.05) is 0 Å². The van der Waals surface area contributed by atoms with Crippen molar-refractivity contribution < 1.29 is 14.3 Å². The molecule has 1 N–H and O–H groups in total. The van der Waals surface area contributed by atoms with E-state index in [-0.39, 0.29) is 11.5 Å². The molecule has 4 rings (SSSR count). The Hall–Kier alpha value is -4.13. The Bertz CT molecular complexity index is 1280. The summed E-state index contributed by atoms with van der Waals surface area (Å²) >= 11 is 0. The number of methoxy groups -OCH3 is 2. The van der Waals surface area contributed by atoms with Crippen LogP contribution in [0.25, 0.3) is 16.5 Å². The number of fused-ring (bicyclic) bond motifs is 1. The molecule has 0 aliphatic rings. The second kappa shape index (κ2) is 8.08. The number of amides is 1. The number of benzene rings is 2. The predicted molar refractivity (Wildman–Crippen MR) is 115 cm³/mol. The van der Waals surface area contributed by atoms with E-state index in [0.29, 0.717) is 39.2 Å². The van der Waals surface area contributed by atoms with E-state index in [1.54, 1.807) is 74.1 Å². The Morgan fingerprint density at radius 3 is 2.40 bits per heavy atom. The van der Waals surface area contributed by atoms with Crippen LogP contribution in [0.15, 0.2) is 78.0 Å². The molecule has 150 valence electrons. The van der Waals surface area contributed by atoms with Crippen molar-refractivity contribution in [3.8, 4) is 17.2 Å². The van der Waals surface area contributed by atoms with Crippen molar-refractivity contribution in [2.45, 2.75) is 0 Å². The summed E-state index contributed by atoms with van der Waals surface area (Å²) in [5, 5.41) is 3.83. The highest BCUT2D eigenvalue weighted by atomic mass is 16.5. The molecule has 7 nitrogen and oxygen atoms in total. The molecule has 0 unspecified atom stereocenters. The van der Waals surface area contributed by atoms with Crippen molar-refractivity contribution in [2.24, 2.45) is 0 Å². The number of hydrogen-bond acceptors (Lipinski definition) is 5. The van der Waals surface area contributed by atoms with E-state index >= 15 is 0 Å². The Kier molecular flexibility index (Phi) is 5.17. The molecule has 0 atom stereocenters. The van der Waals surface area contributed by atoms with Crippen LogP contribution in [0.3, 0.4) is 0 Å². The predicted octanol–water partition coefficient (Wildman–Crippen LogP) is 3.66. The van der Waals surface area contributed by atoms with Gasteiger partial charge in [0.05, 0.1) is 25.5 Å². The fourth-order valence-electron chi connectivity index (χ4n) is 3.27. The molecule has 0 aliphatic carbocycles. The number of ether oxygens (including phenoxy) is 2. The third-order valence-corrected chi connectivity index (χ3v) is 4.75. The molecule has 0 radical (unpaired) electrons. The fraction of sp³-hybridized carbons (Fsp3) is 0.0870. The first kappa shape index (κ1) is 19.2. The van der Waals surface area contributed by atoms with Gasteiger partial charge in [0.2, 0.25) is 0 Å². The number of carbonyl (C=O) groups is 1. The summed E-state index contributed by atoms with van der Waals surface area (Å²) in [5.74, 6) is 0.704. The number of anilines is 1. The van der Waals surface area contributed by atoms with Crippen molar-refractivity contribution in [1.29, 1.82) is 0 Å². The van der Waals surface area contributed by atoms with E-state index in [4.69, 9.17) is 9.47 Å². The number of rotatable bonds is 5. The standard InChI is InChI=1S/C23H19N3O4/c1-29-16-7-8-21(30-2)20(13-16)26-14-19(17-5-3-4-6-18(17)23(26)28)22(27)25-15-9-11-24-12-10-15/h3-14H,1-2H3,(H,24,25,27). The Morgan fingerprint density at radius 2 is 1.70 bits per heavy atom. The van der Waals surface area contributed by atoms with Gasteiger partial charge in [-0.25, -0.2) is 0 Å². The van der Waals surface area contributed by atoms with Gasteiger partial charge < -0.3 is 14.8 Å². The molecule has 0 fully saturated rings. The van der Waals surface area contributed by atoms with Gasteiger partial charge in [0.15, 0.2) is 0 Å². The monoisotopic (exact) mass is 401 g/mol. The van der Waals surface area contributed by atoms with Crippen LogP contribution in [0.1, 0.15) is 10.4 Å². The quantitative estimate of drug-likeness (QED) is 0.552. The van der Waals surface area contributed by atoms with Gasteiger partial charge in [-0.15, -0.1) is 0 Å². The number of pyridine rings is 2. The van der Waals surface area contributed by atoms with Gasteiger partial charge in [0.1, 0.15) is 11.5 Å². The van der Waals surface area contributed by atoms with Crippen LogP contribution in [0.5, 0.6) is 11.5 Å². The van der Waals surface area contributed by atoms with E-state index in [0.717, 1.165) is 0 Å². The first-order valence-electron chi connectivity index (χ1n) is 9.20. The maximum absolute atomic E-state index is 13.3. The summed E-state index contributed by atoms with van der Waals surface area (Å²) in [4.78, 5) is 30.3. The number of nitrogens with zero attached hydrogens (tertiary/aromatic N) is 2. The lowest BCUT2D eigenvalue weighted by atomic mass is 10.1. The molecule has 1 amide bonds. The zero-order chi connectivity index (χ0) is 21.1. The molecule has 0 bridgehead atoms. The van der Waals surface area contributed by atoms with Crippen LogP contribution in [-0.2, 0) is 0 Å². The summed E-state index contributed by atoms with van der Waals surface area (Å²) in [6.07, 6.45) is 4.71. The van der Waals surface area contributed by atoms with E-state index in [1.165, 1.54) is 17.9 Å². The second-order valence-corrected chi connectivity index (χ2v) is 6.49. The van der Waals surface area contributed by atoms with Crippen molar-refractivity contribution >= 4 is 22.4 Å². The number of aromatic nitrogens is 2. The van der Waals surface area contributed by atoms with Crippen LogP contribution < -0.4 is 20.3 Å². The molecule has 7 heteroatoms. The summed E-state index contributed by atoms with van der Waals surface area (Å²) in [6.45, 7) is 0. The molecule has 0 saturated heterocycles. The van der Waals surface area contributed by atoms with Crippen molar-refractivity contribution in [3.63, 3.8) is 0 Å². The molecular formula is C23H19N3O4. The third-order valence-electron chi connectivity index (χ3n) is 4.75. The Labute approximate surface area is 172 Å². The lowest BCUT2D eigenvalue weighted by Crippen LogP contribution is -2.23. The summed E-state index contributed by atoms with van der Waals surface area (Å²) in [7, 11) is 3.07. The second-order valence-electron chi connectivity index (χ2n) is 6.49. The SMILES string of the molecule is COc1ccc(OC)c(-n2cc(C(=O)Nc3ccncc3)c3ccccc3c2=O)c1. The largest absolute Gasteiger partial charge is 0.497 e. The van der Waals surface area contributed by atoms with Gasteiger partial charge in [-0.2, -0.15) is 0 Å². The molecule has 2 aromatic heterocycles.